The zero-order valence-electron chi connectivity index (χ0n) is 17.8. The largest absolute Gasteiger partial charge is 0.363 e. The Morgan fingerprint density at radius 2 is 1.94 bits per heavy atom. The van der Waals surface area contributed by atoms with E-state index >= 15 is 0 Å². The van der Waals surface area contributed by atoms with Crippen LogP contribution in [0.4, 0.5) is 10.2 Å². The Bertz CT molecular complexity index is 1060. The standard InChI is InChI=1S/C24H26FN5O/c1-29(2)22-15-21(27-24(28-22)17-9-11-26-12-10-17)19-7-5-13-30(16-19)23(31)14-18-6-3-4-8-20(18)25/h3-4,6,8-12,15,19H,5,7,13-14,16H2,1-2H3/t19-/m0/s1. The van der Waals surface area contributed by atoms with Crippen molar-refractivity contribution in [2.75, 3.05) is 32.1 Å². The first-order valence-corrected chi connectivity index (χ1v) is 10.5. The number of benzene rings is 1. The van der Waals surface area contributed by atoms with E-state index in [1.165, 1.54) is 6.07 Å². The Morgan fingerprint density at radius 1 is 1.16 bits per heavy atom. The van der Waals surface area contributed by atoms with Crippen LogP contribution >= 0.6 is 0 Å². The number of nitrogens with zero attached hydrogens (tertiary/aromatic N) is 5. The molecule has 0 unspecified atom stereocenters. The SMILES string of the molecule is CN(C)c1cc([C@H]2CCCN(C(=O)Cc3ccccc3F)C2)nc(-c2ccncc2)n1. The molecule has 0 spiro atoms. The molecule has 160 valence electrons. The molecule has 0 N–H and O–H groups in total. The summed E-state index contributed by atoms with van der Waals surface area (Å²) in [5, 5.41) is 0. The lowest BCUT2D eigenvalue weighted by molar-refractivity contribution is -0.131. The lowest BCUT2D eigenvalue weighted by atomic mass is 9.93. The Balaban J connectivity index is 1.57. The maximum absolute atomic E-state index is 14.0. The number of pyridine rings is 1. The first-order valence-electron chi connectivity index (χ1n) is 10.5. The van der Waals surface area contributed by atoms with E-state index in [-0.39, 0.29) is 24.1 Å². The molecule has 1 aromatic carbocycles. The molecule has 6 nitrogen and oxygen atoms in total. The minimum atomic E-state index is -0.335. The Hall–Kier alpha value is -3.35. The number of hydrogen-bond donors (Lipinski definition) is 0. The highest BCUT2D eigenvalue weighted by Gasteiger charge is 2.27. The van der Waals surface area contributed by atoms with Crippen LogP contribution in [0.2, 0.25) is 0 Å². The van der Waals surface area contributed by atoms with Gasteiger partial charge in [-0.25, -0.2) is 14.4 Å². The summed E-state index contributed by atoms with van der Waals surface area (Å²) in [6, 6.07) is 12.2. The molecule has 0 bridgehead atoms. The van der Waals surface area contributed by atoms with Crippen LogP contribution in [0.25, 0.3) is 11.4 Å². The van der Waals surface area contributed by atoms with Gasteiger partial charge >= 0.3 is 0 Å². The van der Waals surface area contributed by atoms with Crippen molar-refractivity contribution in [1.82, 2.24) is 19.9 Å². The molecule has 4 rings (SSSR count). The molecule has 1 atom stereocenters. The van der Waals surface area contributed by atoms with Crippen molar-refractivity contribution < 1.29 is 9.18 Å². The highest BCUT2D eigenvalue weighted by atomic mass is 19.1. The summed E-state index contributed by atoms with van der Waals surface area (Å²) in [6.45, 7) is 1.26. The van der Waals surface area contributed by atoms with Crippen LogP contribution in [-0.2, 0) is 11.2 Å². The van der Waals surface area contributed by atoms with Crippen LogP contribution in [0, 0.1) is 5.82 Å². The van der Waals surface area contributed by atoms with Crippen molar-refractivity contribution in [2.24, 2.45) is 0 Å². The molecule has 1 saturated heterocycles. The number of carbonyl (C=O) groups is 1. The van der Waals surface area contributed by atoms with Crippen molar-refractivity contribution in [3.63, 3.8) is 0 Å². The highest BCUT2D eigenvalue weighted by Crippen LogP contribution is 2.29. The smallest absolute Gasteiger partial charge is 0.227 e. The van der Waals surface area contributed by atoms with E-state index in [0.717, 1.165) is 29.9 Å². The van der Waals surface area contributed by atoms with E-state index in [9.17, 15) is 9.18 Å². The predicted octanol–water partition coefficient (Wildman–Crippen LogP) is 3.69. The normalized spacial score (nSPS) is 16.2. The Kier molecular flexibility index (Phi) is 6.21. The summed E-state index contributed by atoms with van der Waals surface area (Å²) in [5.74, 6) is 1.20. The van der Waals surface area contributed by atoms with Crippen molar-refractivity contribution in [1.29, 1.82) is 0 Å². The van der Waals surface area contributed by atoms with Crippen LogP contribution in [0.5, 0.6) is 0 Å². The van der Waals surface area contributed by atoms with Crippen LogP contribution in [0.1, 0.15) is 30.0 Å². The van der Waals surface area contributed by atoms with Gasteiger partial charge in [0, 0.05) is 57.1 Å². The third-order valence-electron chi connectivity index (χ3n) is 5.62. The van der Waals surface area contributed by atoms with Gasteiger partial charge < -0.3 is 9.80 Å². The second kappa shape index (κ2) is 9.20. The van der Waals surface area contributed by atoms with E-state index in [2.05, 4.69) is 9.97 Å². The molecule has 1 amide bonds. The van der Waals surface area contributed by atoms with Crippen molar-refractivity contribution >= 4 is 11.7 Å². The van der Waals surface area contributed by atoms with E-state index in [1.807, 2.05) is 42.1 Å². The van der Waals surface area contributed by atoms with Gasteiger partial charge in [0.15, 0.2) is 5.82 Å². The molecule has 31 heavy (non-hydrogen) atoms. The van der Waals surface area contributed by atoms with Gasteiger partial charge in [-0.05, 0) is 36.6 Å². The molecule has 3 aromatic rings. The summed E-state index contributed by atoms with van der Waals surface area (Å²) in [5.41, 5.74) is 2.27. The number of amides is 1. The van der Waals surface area contributed by atoms with Gasteiger partial charge in [-0.2, -0.15) is 0 Å². The van der Waals surface area contributed by atoms with Crippen LogP contribution in [-0.4, -0.2) is 52.9 Å². The maximum Gasteiger partial charge on any atom is 0.227 e. The van der Waals surface area contributed by atoms with Crippen LogP contribution in [0.15, 0.2) is 54.9 Å². The van der Waals surface area contributed by atoms with E-state index in [4.69, 9.17) is 4.98 Å². The highest BCUT2D eigenvalue weighted by molar-refractivity contribution is 5.79. The molecule has 1 fully saturated rings. The number of anilines is 1. The molecular formula is C24H26FN5O. The number of halogens is 1. The third kappa shape index (κ3) is 4.87. The number of carbonyl (C=O) groups excluding carboxylic acids is 1. The first-order chi connectivity index (χ1) is 15.0. The number of piperidine rings is 1. The summed E-state index contributed by atoms with van der Waals surface area (Å²) in [6.07, 6.45) is 5.37. The van der Waals surface area contributed by atoms with Crippen LogP contribution in [0.3, 0.4) is 0 Å². The molecule has 3 heterocycles. The lowest BCUT2D eigenvalue weighted by Crippen LogP contribution is -2.40. The minimum absolute atomic E-state index is 0.0500. The van der Waals surface area contributed by atoms with Crippen LogP contribution < -0.4 is 4.90 Å². The van der Waals surface area contributed by atoms with Gasteiger partial charge in [-0.1, -0.05) is 18.2 Å². The average molecular weight is 420 g/mol. The molecule has 1 aliphatic rings. The Labute approximate surface area is 181 Å². The molecule has 1 aliphatic heterocycles. The number of hydrogen-bond acceptors (Lipinski definition) is 5. The minimum Gasteiger partial charge on any atom is -0.363 e. The molecule has 0 radical (unpaired) electrons. The maximum atomic E-state index is 14.0. The van der Waals surface area contributed by atoms with Crippen molar-refractivity contribution in [2.45, 2.75) is 25.2 Å². The van der Waals surface area contributed by atoms with Gasteiger partial charge in [0.1, 0.15) is 11.6 Å². The quantitative estimate of drug-likeness (QED) is 0.631. The van der Waals surface area contributed by atoms with Crippen molar-refractivity contribution in [3.8, 4) is 11.4 Å². The lowest BCUT2D eigenvalue weighted by Gasteiger charge is -2.33. The summed E-state index contributed by atoms with van der Waals surface area (Å²) >= 11 is 0. The topological polar surface area (TPSA) is 62.2 Å². The van der Waals surface area contributed by atoms with Gasteiger partial charge in [0.25, 0.3) is 0 Å². The van der Waals surface area contributed by atoms with E-state index in [1.54, 1.807) is 30.6 Å². The second-order valence-electron chi connectivity index (χ2n) is 8.05. The van der Waals surface area contributed by atoms with E-state index in [0.29, 0.717) is 24.5 Å². The fourth-order valence-corrected chi connectivity index (χ4v) is 3.88. The molecule has 0 saturated carbocycles. The molecule has 7 heteroatoms. The molecular weight excluding hydrogens is 393 g/mol. The summed E-state index contributed by atoms with van der Waals surface area (Å²) in [4.78, 5) is 30.3. The fraction of sp³-hybridized carbons (Fsp3) is 0.333. The predicted molar refractivity (Wildman–Crippen MR) is 118 cm³/mol. The second-order valence-corrected chi connectivity index (χ2v) is 8.05. The zero-order valence-corrected chi connectivity index (χ0v) is 17.8. The van der Waals surface area contributed by atoms with Crippen molar-refractivity contribution in [3.05, 3.63) is 71.9 Å². The molecule has 0 aliphatic carbocycles. The van der Waals surface area contributed by atoms with E-state index < -0.39 is 0 Å². The third-order valence-corrected chi connectivity index (χ3v) is 5.62. The summed E-state index contributed by atoms with van der Waals surface area (Å²) in [7, 11) is 3.90. The summed E-state index contributed by atoms with van der Waals surface area (Å²) < 4.78 is 14.0. The zero-order chi connectivity index (χ0) is 21.8. The van der Waals surface area contributed by atoms with Gasteiger partial charge in [0.05, 0.1) is 12.1 Å². The average Bonchev–Trinajstić information content (AvgIpc) is 2.81. The molecule has 2 aromatic heterocycles. The number of aromatic nitrogens is 3. The monoisotopic (exact) mass is 419 g/mol. The number of likely N-dealkylation sites (tertiary alicyclic amines) is 1. The van der Waals surface area contributed by atoms with Gasteiger partial charge in [0.2, 0.25) is 5.91 Å². The number of rotatable bonds is 5. The Morgan fingerprint density at radius 3 is 2.68 bits per heavy atom. The first kappa shape index (κ1) is 20.9. The van der Waals surface area contributed by atoms with Gasteiger partial charge in [-0.15, -0.1) is 0 Å². The van der Waals surface area contributed by atoms with Gasteiger partial charge in [-0.3, -0.25) is 9.78 Å². The fourth-order valence-electron chi connectivity index (χ4n) is 3.88.